The van der Waals surface area contributed by atoms with Gasteiger partial charge >= 0.3 is 0 Å². The molecule has 0 aromatic carbocycles. The van der Waals surface area contributed by atoms with E-state index in [9.17, 15) is 4.57 Å². The second-order valence-corrected chi connectivity index (χ2v) is 5.60. The van der Waals surface area contributed by atoms with Gasteiger partial charge in [0, 0.05) is 5.66 Å². The van der Waals surface area contributed by atoms with Gasteiger partial charge in [0.2, 0.25) is 0 Å². The first-order chi connectivity index (χ1) is 6.34. The van der Waals surface area contributed by atoms with E-state index < -0.39 is 8.03 Å². The smallest absolute Gasteiger partial charge is 0.194 e. The highest BCUT2D eigenvalue weighted by molar-refractivity contribution is 7.40. The Morgan fingerprint density at radius 3 is 2.62 bits per heavy atom. The second kappa shape index (κ2) is 6.62. The lowest BCUT2D eigenvalue weighted by molar-refractivity contribution is 0.308. The Bertz CT molecular complexity index is 153. The van der Waals surface area contributed by atoms with Gasteiger partial charge in [0.25, 0.3) is 0 Å². The fraction of sp³-hybridized carbons (Fsp3) is 1.00. The van der Waals surface area contributed by atoms with Crippen LogP contribution < -0.4 is 0 Å². The van der Waals surface area contributed by atoms with E-state index in [-0.39, 0.29) is 0 Å². The first-order valence-corrected chi connectivity index (χ1v) is 6.90. The summed E-state index contributed by atoms with van der Waals surface area (Å²) in [5, 5.41) is 0. The molecular weight excluding hydrogens is 183 g/mol. The van der Waals surface area contributed by atoms with E-state index in [0.29, 0.717) is 12.3 Å². The Labute approximate surface area is 81.9 Å². The normalized spacial score (nSPS) is 21.6. The summed E-state index contributed by atoms with van der Waals surface area (Å²) >= 11 is 0. The zero-order valence-corrected chi connectivity index (χ0v) is 9.55. The molecule has 1 saturated carbocycles. The zero-order valence-electron chi connectivity index (χ0n) is 8.55. The summed E-state index contributed by atoms with van der Waals surface area (Å²) in [5.74, 6) is 0. The van der Waals surface area contributed by atoms with Gasteiger partial charge in [0.15, 0.2) is 8.03 Å². The largest absolute Gasteiger partial charge is 0.330 e. The minimum Gasteiger partial charge on any atom is -0.330 e. The summed E-state index contributed by atoms with van der Waals surface area (Å²) in [4.78, 5) is 0. The molecule has 0 radical (unpaired) electrons. The maximum absolute atomic E-state index is 11.6. The average molecular weight is 204 g/mol. The quantitative estimate of drug-likeness (QED) is 0.505. The van der Waals surface area contributed by atoms with Gasteiger partial charge < -0.3 is 4.52 Å². The van der Waals surface area contributed by atoms with Crippen molar-refractivity contribution in [1.29, 1.82) is 0 Å². The third kappa shape index (κ3) is 4.28. The van der Waals surface area contributed by atoms with Gasteiger partial charge in [-0.25, -0.2) is 0 Å². The van der Waals surface area contributed by atoms with Crippen LogP contribution in [0.3, 0.4) is 0 Å². The lowest BCUT2D eigenvalue weighted by Crippen LogP contribution is -2.09. The van der Waals surface area contributed by atoms with E-state index in [0.717, 1.165) is 25.7 Å². The molecule has 13 heavy (non-hydrogen) atoms. The van der Waals surface area contributed by atoms with Crippen molar-refractivity contribution in [2.75, 3.05) is 6.61 Å². The molecule has 0 aromatic rings. The topological polar surface area (TPSA) is 26.3 Å². The molecule has 1 unspecified atom stereocenters. The van der Waals surface area contributed by atoms with Crippen molar-refractivity contribution in [3.8, 4) is 0 Å². The maximum atomic E-state index is 11.6. The standard InChI is InChI=1S/C10H21O2P/c1-2-3-9-12-13(11)10-7-5-4-6-8-10/h10,13H,2-9H2,1H3. The molecule has 0 spiro atoms. The molecule has 1 atom stereocenters. The molecular formula is C10H21O2P. The van der Waals surface area contributed by atoms with Crippen LogP contribution in [0.1, 0.15) is 51.9 Å². The monoisotopic (exact) mass is 204 g/mol. The molecule has 1 fully saturated rings. The van der Waals surface area contributed by atoms with Gasteiger partial charge in [-0.15, -0.1) is 0 Å². The third-order valence-electron chi connectivity index (χ3n) is 2.68. The third-order valence-corrected chi connectivity index (χ3v) is 4.41. The van der Waals surface area contributed by atoms with E-state index in [1.807, 2.05) is 0 Å². The summed E-state index contributed by atoms with van der Waals surface area (Å²) in [7, 11) is -1.71. The highest BCUT2D eigenvalue weighted by Crippen LogP contribution is 2.39. The Hall–Kier alpha value is 0.190. The SMILES string of the molecule is CCCCO[PH](=O)C1CCCCC1. The average Bonchev–Trinajstić information content (AvgIpc) is 2.19. The molecule has 0 N–H and O–H groups in total. The lowest BCUT2D eigenvalue weighted by Gasteiger charge is -2.20. The van der Waals surface area contributed by atoms with Crippen LogP contribution in [0.15, 0.2) is 0 Å². The lowest BCUT2D eigenvalue weighted by atomic mass is 10.0. The summed E-state index contributed by atoms with van der Waals surface area (Å²) in [6.45, 7) is 2.83. The number of unbranched alkanes of at least 4 members (excludes halogenated alkanes) is 1. The Morgan fingerprint density at radius 1 is 1.31 bits per heavy atom. The minimum atomic E-state index is -1.71. The summed E-state index contributed by atoms with van der Waals surface area (Å²) < 4.78 is 17.0. The van der Waals surface area contributed by atoms with Crippen LogP contribution in [0.5, 0.6) is 0 Å². The fourth-order valence-corrected chi connectivity index (χ4v) is 3.23. The van der Waals surface area contributed by atoms with Crippen LogP contribution in [-0.2, 0) is 9.09 Å². The molecule has 0 aromatic heterocycles. The second-order valence-electron chi connectivity index (χ2n) is 3.86. The maximum Gasteiger partial charge on any atom is 0.194 e. The highest BCUT2D eigenvalue weighted by Gasteiger charge is 2.19. The first-order valence-electron chi connectivity index (χ1n) is 5.51. The van der Waals surface area contributed by atoms with E-state index in [2.05, 4.69) is 6.92 Å². The van der Waals surface area contributed by atoms with Gasteiger partial charge in [0.05, 0.1) is 6.61 Å². The molecule has 1 aliphatic carbocycles. The van der Waals surface area contributed by atoms with Crippen molar-refractivity contribution in [3.63, 3.8) is 0 Å². The van der Waals surface area contributed by atoms with Gasteiger partial charge in [-0.3, -0.25) is 4.57 Å². The molecule has 0 bridgehead atoms. The van der Waals surface area contributed by atoms with Crippen LogP contribution in [0, 0.1) is 0 Å². The van der Waals surface area contributed by atoms with E-state index in [1.54, 1.807) is 0 Å². The summed E-state index contributed by atoms with van der Waals surface area (Å²) in [5.41, 5.74) is 0.399. The number of hydrogen-bond acceptors (Lipinski definition) is 2. The van der Waals surface area contributed by atoms with Crippen LogP contribution in [0.2, 0.25) is 0 Å². The molecule has 0 heterocycles. The zero-order chi connectivity index (χ0) is 9.52. The van der Waals surface area contributed by atoms with Crippen molar-refractivity contribution in [1.82, 2.24) is 0 Å². The summed E-state index contributed by atoms with van der Waals surface area (Å²) in [6.07, 6.45) is 8.24. The summed E-state index contributed by atoms with van der Waals surface area (Å²) in [6, 6.07) is 0. The Kier molecular flexibility index (Phi) is 5.73. The van der Waals surface area contributed by atoms with Crippen LogP contribution >= 0.6 is 8.03 Å². The van der Waals surface area contributed by atoms with Crippen LogP contribution in [0.25, 0.3) is 0 Å². The van der Waals surface area contributed by atoms with E-state index >= 15 is 0 Å². The number of rotatable bonds is 5. The van der Waals surface area contributed by atoms with Crippen molar-refractivity contribution in [2.24, 2.45) is 0 Å². The molecule has 1 aliphatic rings. The van der Waals surface area contributed by atoms with Crippen LogP contribution in [0.4, 0.5) is 0 Å². The van der Waals surface area contributed by atoms with Gasteiger partial charge in [-0.2, -0.15) is 0 Å². The fourth-order valence-electron chi connectivity index (χ4n) is 1.77. The minimum absolute atomic E-state index is 0.399. The highest BCUT2D eigenvalue weighted by atomic mass is 31.1. The first kappa shape index (κ1) is 11.3. The Morgan fingerprint density at radius 2 is 2.00 bits per heavy atom. The molecule has 0 saturated heterocycles. The van der Waals surface area contributed by atoms with Crippen LogP contribution in [-0.4, -0.2) is 12.3 Å². The predicted octanol–water partition coefficient (Wildman–Crippen LogP) is 3.61. The van der Waals surface area contributed by atoms with Crippen molar-refractivity contribution < 1.29 is 9.09 Å². The van der Waals surface area contributed by atoms with Gasteiger partial charge in [-0.05, 0) is 19.3 Å². The molecule has 0 amide bonds. The van der Waals surface area contributed by atoms with Gasteiger partial charge in [-0.1, -0.05) is 32.6 Å². The van der Waals surface area contributed by atoms with Crippen molar-refractivity contribution in [2.45, 2.75) is 57.5 Å². The van der Waals surface area contributed by atoms with Crippen molar-refractivity contribution >= 4 is 8.03 Å². The van der Waals surface area contributed by atoms with E-state index in [4.69, 9.17) is 4.52 Å². The molecule has 2 nitrogen and oxygen atoms in total. The Balaban J connectivity index is 2.13. The van der Waals surface area contributed by atoms with Crippen molar-refractivity contribution in [3.05, 3.63) is 0 Å². The predicted molar refractivity (Wildman–Crippen MR) is 56.7 cm³/mol. The van der Waals surface area contributed by atoms with E-state index in [1.165, 1.54) is 19.3 Å². The molecule has 0 aliphatic heterocycles. The number of hydrogen-bond donors (Lipinski definition) is 0. The van der Waals surface area contributed by atoms with Gasteiger partial charge in [0.1, 0.15) is 0 Å². The molecule has 78 valence electrons. The molecule has 3 heteroatoms. The molecule has 1 rings (SSSR count).